The summed E-state index contributed by atoms with van der Waals surface area (Å²) >= 11 is 0. The van der Waals surface area contributed by atoms with Crippen molar-refractivity contribution in [2.24, 2.45) is 24.6 Å². The summed E-state index contributed by atoms with van der Waals surface area (Å²) in [6, 6.07) is 17.8. The molecule has 2 bridgehead atoms. The quantitative estimate of drug-likeness (QED) is 0.209. The number of nitrogens with zero attached hydrogens (tertiary/aromatic N) is 5. The van der Waals surface area contributed by atoms with Crippen LogP contribution in [0.3, 0.4) is 0 Å². The van der Waals surface area contributed by atoms with Crippen LogP contribution in [0.25, 0.3) is 44.8 Å². The molecule has 3 N–H and O–H groups in total. The number of hydrogen-bond donors (Lipinski definition) is 2. The third-order valence-electron chi connectivity index (χ3n) is 10.8. The molecule has 3 aliphatic rings. The van der Waals surface area contributed by atoms with E-state index in [1.165, 1.54) is 12.8 Å². The molecule has 2 amide bonds. The van der Waals surface area contributed by atoms with Gasteiger partial charge in [-0.2, -0.15) is 0 Å². The van der Waals surface area contributed by atoms with Crippen LogP contribution in [-0.4, -0.2) is 88.5 Å². The number of hydrogen-bond acceptors (Lipinski definition) is 8. The highest BCUT2D eigenvalue weighted by molar-refractivity contribution is 7.90. The molecular formula is C38H43N7O5S. The van der Waals surface area contributed by atoms with Crippen LogP contribution in [0.2, 0.25) is 0 Å². The number of pyridine rings is 1. The second-order valence-corrected chi connectivity index (χ2v) is 16.8. The van der Waals surface area contributed by atoms with Crippen molar-refractivity contribution in [2.75, 3.05) is 32.2 Å². The van der Waals surface area contributed by atoms with Crippen LogP contribution >= 0.6 is 0 Å². The lowest BCUT2D eigenvalue weighted by Gasteiger charge is -2.27. The van der Waals surface area contributed by atoms with Crippen LogP contribution in [0, 0.1) is 11.8 Å². The fourth-order valence-electron chi connectivity index (χ4n) is 7.90. The van der Waals surface area contributed by atoms with E-state index in [9.17, 15) is 18.0 Å². The monoisotopic (exact) mass is 709 g/mol. The standard InChI is InChI=1S/C38H43N7O5S/c1-43-35-29(17-27(19-32(35)50-2)38(47)45-21-26-11-13-30(45)34(26)39)42-37(43)31-18-25-10-12-28(41-36(25)44(31)20-23-4-5-23)24-8-6-22(7-9-24)16-33(46)40-14-15-51(3,48)49/h6-10,12,17-19,23,26,30,34H,4-5,11,13-16,20-21,39H2,1-3H3,(H,40,46)/t26-,30-,34-/m1/s1. The molecule has 5 aromatic rings. The van der Waals surface area contributed by atoms with Crippen molar-refractivity contribution in [3.63, 3.8) is 0 Å². The van der Waals surface area contributed by atoms with Gasteiger partial charge in [0.1, 0.15) is 26.8 Å². The molecule has 2 aromatic carbocycles. The predicted molar refractivity (Wildman–Crippen MR) is 196 cm³/mol. The van der Waals surface area contributed by atoms with Crippen molar-refractivity contribution in [3.05, 3.63) is 65.7 Å². The zero-order valence-electron chi connectivity index (χ0n) is 29.1. The number of aromatic nitrogens is 4. The Hall–Kier alpha value is -4.75. The van der Waals surface area contributed by atoms with E-state index in [-0.39, 0.29) is 42.6 Å². The van der Waals surface area contributed by atoms with Crippen molar-refractivity contribution in [1.29, 1.82) is 0 Å². The summed E-state index contributed by atoms with van der Waals surface area (Å²) in [5.74, 6) is 1.99. The van der Waals surface area contributed by atoms with E-state index in [2.05, 4.69) is 22.0 Å². The molecule has 4 heterocycles. The van der Waals surface area contributed by atoms with Crippen LogP contribution < -0.4 is 15.8 Å². The number of nitrogens with one attached hydrogen (secondary N) is 1. The van der Waals surface area contributed by atoms with Gasteiger partial charge >= 0.3 is 0 Å². The SMILES string of the molecule is COc1cc(C(=O)N2C[C@H]3CC[C@@H]2[C@@H]3N)cc2nc(-c3cc4ccc(-c5ccc(CC(=O)NCCS(C)(=O)=O)cc5)nc4n3CC3CC3)n(C)c12. The third kappa shape index (κ3) is 6.37. The Labute approximate surface area is 296 Å². The molecule has 2 saturated carbocycles. The van der Waals surface area contributed by atoms with Gasteiger partial charge in [0.05, 0.1) is 36.2 Å². The molecule has 3 fully saturated rings. The van der Waals surface area contributed by atoms with E-state index in [0.717, 1.165) is 70.5 Å². The van der Waals surface area contributed by atoms with Gasteiger partial charge < -0.3 is 29.8 Å². The van der Waals surface area contributed by atoms with Crippen molar-refractivity contribution >= 4 is 43.7 Å². The largest absolute Gasteiger partial charge is 0.494 e. The number of methoxy groups -OCH3 is 1. The molecule has 0 spiro atoms. The van der Waals surface area contributed by atoms with Crippen LogP contribution in [0.4, 0.5) is 0 Å². The van der Waals surface area contributed by atoms with Crippen LogP contribution in [0.1, 0.15) is 41.6 Å². The molecule has 3 aromatic heterocycles. The van der Waals surface area contributed by atoms with Gasteiger partial charge in [0.2, 0.25) is 5.91 Å². The third-order valence-corrected chi connectivity index (χ3v) is 11.8. The molecule has 0 radical (unpaired) electrons. The van der Waals surface area contributed by atoms with Crippen LogP contribution in [0.5, 0.6) is 5.75 Å². The second-order valence-electron chi connectivity index (χ2n) is 14.5. The fourth-order valence-corrected chi connectivity index (χ4v) is 8.37. The van der Waals surface area contributed by atoms with Gasteiger partial charge in [0.25, 0.3) is 5.91 Å². The molecular weight excluding hydrogens is 667 g/mol. The Morgan fingerprint density at radius 1 is 1.02 bits per heavy atom. The molecule has 3 atom stereocenters. The number of sulfone groups is 1. The van der Waals surface area contributed by atoms with Crippen molar-refractivity contribution in [1.82, 2.24) is 29.3 Å². The normalized spacial score (nSPS) is 20.1. The molecule has 2 aliphatic carbocycles. The lowest BCUT2D eigenvalue weighted by atomic mass is 10.1. The highest BCUT2D eigenvalue weighted by Gasteiger charge is 2.47. The highest BCUT2D eigenvalue weighted by atomic mass is 32.2. The van der Waals surface area contributed by atoms with Gasteiger partial charge in [-0.3, -0.25) is 9.59 Å². The number of imidazole rings is 1. The summed E-state index contributed by atoms with van der Waals surface area (Å²) < 4.78 is 32.9. The first-order valence-electron chi connectivity index (χ1n) is 17.6. The van der Waals surface area contributed by atoms with E-state index in [1.807, 2.05) is 59.0 Å². The molecule has 8 rings (SSSR count). The maximum Gasteiger partial charge on any atom is 0.254 e. The number of aryl methyl sites for hydroxylation is 1. The maximum atomic E-state index is 13.8. The average molecular weight is 710 g/mol. The molecule has 0 unspecified atom stereocenters. The zero-order chi connectivity index (χ0) is 35.6. The molecule has 266 valence electrons. The number of amides is 2. The number of benzene rings is 2. The minimum Gasteiger partial charge on any atom is -0.494 e. The number of likely N-dealkylation sites (tertiary alicyclic amines) is 1. The molecule has 13 heteroatoms. The van der Waals surface area contributed by atoms with Crippen molar-refractivity contribution in [2.45, 2.75) is 50.7 Å². The Kier molecular flexibility index (Phi) is 8.37. The van der Waals surface area contributed by atoms with Gasteiger partial charge in [0.15, 0.2) is 5.82 Å². The van der Waals surface area contributed by atoms with E-state index in [4.69, 9.17) is 20.4 Å². The summed E-state index contributed by atoms with van der Waals surface area (Å²) in [6.45, 7) is 1.62. The second kappa shape index (κ2) is 12.8. The van der Waals surface area contributed by atoms with Crippen LogP contribution in [0.15, 0.2) is 54.6 Å². The number of piperidine rings is 1. The lowest BCUT2D eigenvalue weighted by molar-refractivity contribution is -0.120. The zero-order valence-corrected chi connectivity index (χ0v) is 29.9. The first-order chi connectivity index (χ1) is 24.5. The number of fused-ring (bicyclic) bond motifs is 4. The molecule has 12 nitrogen and oxygen atoms in total. The molecule has 1 aliphatic heterocycles. The Balaban J connectivity index is 1.10. The summed E-state index contributed by atoms with van der Waals surface area (Å²) in [4.78, 5) is 38.3. The fraction of sp³-hybridized carbons (Fsp3) is 0.421. The Morgan fingerprint density at radius 2 is 1.80 bits per heavy atom. The Morgan fingerprint density at radius 3 is 2.47 bits per heavy atom. The molecule has 1 saturated heterocycles. The maximum absolute atomic E-state index is 13.8. The van der Waals surface area contributed by atoms with Crippen molar-refractivity contribution in [3.8, 4) is 28.5 Å². The van der Waals surface area contributed by atoms with Crippen LogP contribution in [-0.2, 0) is 34.6 Å². The van der Waals surface area contributed by atoms with Gasteiger partial charge in [0, 0.05) is 61.5 Å². The number of carbonyl (C=O) groups excluding carboxylic acids is 2. The smallest absolute Gasteiger partial charge is 0.254 e. The number of rotatable bonds is 11. The number of carbonyl (C=O) groups is 2. The first-order valence-corrected chi connectivity index (χ1v) is 19.7. The number of ether oxygens (including phenoxy) is 1. The average Bonchev–Trinajstić information content (AvgIpc) is 3.51. The topological polar surface area (TPSA) is 154 Å². The van der Waals surface area contributed by atoms with Gasteiger partial charge in [-0.15, -0.1) is 0 Å². The van der Waals surface area contributed by atoms with E-state index >= 15 is 0 Å². The highest BCUT2D eigenvalue weighted by Crippen LogP contribution is 2.40. The minimum absolute atomic E-state index is 0.0227. The van der Waals surface area contributed by atoms with Gasteiger partial charge in [-0.25, -0.2) is 18.4 Å². The van der Waals surface area contributed by atoms with Gasteiger partial charge in [-0.1, -0.05) is 24.3 Å². The van der Waals surface area contributed by atoms with E-state index in [0.29, 0.717) is 35.2 Å². The van der Waals surface area contributed by atoms with Gasteiger partial charge in [-0.05, 0) is 73.4 Å². The van der Waals surface area contributed by atoms with E-state index < -0.39 is 9.84 Å². The summed E-state index contributed by atoms with van der Waals surface area (Å²) in [5, 5.41) is 3.68. The lowest BCUT2D eigenvalue weighted by Crippen LogP contribution is -2.41. The first kappa shape index (κ1) is 33.4. The summed E-state index contributed by atoms with van der Waals surface area (Å²) in [7, 11) is 0.476. The minimum atomic E-state index is -3.14. The predicted octanol–water partition coefficient (Wildman–Crippen LogP) is 3.94. The Bertz CT molecular complexity index is 2290. The van der Waals surface area contributed by atoms with Crippen molar-refractivity contribution < 1.29 is 22.7 Å². The molecule has 51 heavy (non-hydrogen) atoms. The summed E-state index contributed by atoms with van der Waals surface area (Å²) in [5.41, 5.74) is 12.9. The van der Waals surface area contributed by atoms with E-state index in [1.54, 1.807) is 7.11 Å². The number of nitrogens with two attached hydrogens (primary N) is 1. The summed E-state index contributed by atoms with van der Waals surface area (Å²) in [6.07, 6.45) is 5.69.